The summed E-state index contributed by atoms with van der Waals surface area (Å²) < 4.78 is 5.56. The van der Waals surface area contributed by atoms with Crippen molar-refractivity contribution in [2.75, 3.05) is 13.1 Å². The summed E-state index contributed by atoms with van der Waals surface area (Å²) in [6.07, 6.45) is 5.33. The lowest BCUT2D eigenvalue weighted by Gasteiger charge is -2.20. The first kappa shape index (κ1) is 13.9. The van der Waals surface area contributed by atoms with Crippen molar-refractivity contribution in [3.05, 3.63) is 60.1 Å². The standard InChI is InChI=1S/C18H21NO2/c20-18(19-10-4-5-11-19)14-16(17-9-6-12-21-17)13-15-7-2-1-3-8-15/h1-3,6-9,12,16H,4-5,10-11,13-14H2/t16-/m1/s1. The van der Waals surface area contributed by atoms with Crippen LogP contribution in [-0.2, 0) is 11.2 Å². The van der Waals surface area contributed by atoms with Crippen LogP contribution in [0.5, 0.6) is 0 Å². The minimum atomic E-state index is 0.121. The van der Waals surface area contributed by atoms with E-state index < -0.39 is 0 Å². The lowest BCUT2D eigenvalue weighted by atomic mass is 9.93. The normalized spacial score (nSPS) is 16.1. The predicted octanol–water partition coefficient (Wildman–Crippen LogP) is 3.62. The number of carbonyl (C=O) groups is 1. The van der Waals surface area contributed by atoms with E-state index in [1.54, 1.807) is 6.26 Å². The van der Waals surface area contributed by atoms with E-state index in [1.807, 2.05) is 35.2 Å². The molecule has 110 valence electrons. The van der Waals surface area contributed by atoms with Crippen LogP contribution >= 0.6 is 0 Å². The Kier molecular flexibility index (Phi) is 4.39. The van der Waals surface area contributed by atoms with Crippen LogP contribution in [-0.4, -0.2) is 23.9 Å². The molecule has 2 aromatic rings. The SMILES string of the molecule is O=C(C[C@@H](Cc1ccccc1)c1ccco1)N1CCCC1. The Labute approximate surface area is 125 Å². The number of furan rings is 1. The van der Waals surface area contributed by atoms with Gasteiger partial charge in [0.25, 0.3) is 0 Å². The van der Waals surface area contributed by atoms with E-state index in [9.17, 15) is 4.79 Å². The Morgan fingerprint density at radius 1 is 1.10 bits per heavy atom. The molecule has 0 bridgehead atoms. The number of rotatable bonds is 5. The van der Waals surface area contributed by atoms with Gasteiger partial charge in [0, 0.05) is 25.4 Å². The number of amides is 1. The fourth-order valence-corrected chi connectivity index (χ4v) is 3.00. The van der Waals surface area contributed by atoms with Crippen LogP contribution in [0.15, 0.2) is 53.1 Å². The summed E-state index contributed by atoms with van der Waals surface area (Å²) in [5.41, 5.74) is 1.24. The summed E-state index contributed by atoms with van der Waals surface area (Å²) >= 11 is 0. The van der Waals surface area contributed by atoms with Crippen LogP contribution < -0.4 is 0 Å². The first-order valence-corrected chi connectivity index (χ1v) is 7.68. The first-order valence-electron chi connectivity index (χ1n) is 7.68. The van der Waals surface area contributed by atoms with Crippen molar-refractivity contribution in [2.24, 2.45) is 0 Å². The molecule has 1 aromatic heterocycles. The molecule has 2 heterocycles. The highest BCUT2D eigenvalue weighted by Gasteiger charge is 2.24. The Bertz CT molecular complexity index is 556. The average molecular weight is 283 g/mol. The number of likely N-dealkylation sites (tertiary alicyclic amines) is 1. The molecule has 0 spiro atoms. The van der Waals surface area contributed by atoms with Crippen molar-refractivity contribution in [1.29, 1.82) is 0 Å². The zero-order valence-corrected chi connectivity index (χ0v) is 12.2. The van der Waals surface area contributed by atoms with Gasteiger partial charge in [-0.05, 0) is 37.0 Å². The maximum absolute atomic E-state index is 12.4. The molecule has 1 aliphatic heterocycles. The number of hydrogen-bond donors (Lipinski definition) is 0. The quantitative estimate of drug-likeness (QED) is 0.839. The van der Waals surface area contributed by atoms with E-state index in [0.29, 0.717) is 6.42 Å². The van der Waals surface area contributed by atoms with Crippen LogP contribution in [0.2, 0.25) is 0 Å². The summed E-state index contributed by atoms with van der Waals surface area (Å²) in [5.74, 6) is 1.28. The molecule has 0 radical (unpaired) electrons. The van der Waals surface area contributed by atoms with Crippen molar-refractivity contribution in [2.45, 2.75) is 31.6 Å². The number of benzene rings is 1. The van der Waals surface area contributed by atoms with Crippen LogP contribution in [0.1, 0.15) is 36.5 Å². The predicted molar refractivity (Wildman–Crippen MR) is 82.0 cm³/mol. The van der Waals surface area contributed by atoms with Gasteiger partial charge in [0.15, 0.2) is 0 Å². The number of hydrogen-bond acceptors (Lipinski definition) is 2. The Morgan fingerprint density at radius 3 is 2.52 bits per heavy atom. The molecule has 1 saturated heterocycles. The number of carbonyl (C=O) groups excluding carboxylic acids is 1. The van der Waals surface area contributed by atoms with Gasteiger partial charge in [-0.3, -0.25) is 4.79 Å². The largest absolute Gasteiger partial charge is 0.469 e. The molecule has 0 aliphatic carbocycles. The van der Waals surface area contributed by atoms with Gasteiger partial charge in [-0.1, -0.05) is 30.3 Å². The Hall–Kier alpha value is -2.03. The molecule has 21 heavy (non-hydrogen) atoms. The van der Waals surface area contributed by atoms with Crippen LogP contribution in [0.25, 0.3) is 0 Å². The lowest BCUT2D eigenvalue weighted by molar-refractivity contribution is -0.130. The van der Waals surface area contributed by atoms with E-state index >= 15 is 0 Å². The van der Waals surface area contributed by atoms with E-state index in [4.69, 9.17) is 4.42 Å². The molecule has 0 saturated carbocycles. The Morgan fingerprint density at radius 2 is 1.86 bits per heavy atom. The van der Waals surface area contributed by atoms with E-state index in [0.717, 1.165) is 38.1 Å². The molecule has 3 rings (SSSR count). The summed E-state index contributed by atoms with van der Waals surface area (Å²) in [4.78, 5) is 14.4. The summed E-state index contributed by atoms with van der Waals surface area (Å²) in [5, 5.41) is 0. The van der Waals surface area contributed by atoms with Gasteiger partial charge in [0.2, 0.25) is 5.91 Å². The van der Waals surface area contributed by atoms with Gasteiger partial charge >= 0.3 is 0 Å². The Balaban J connectivity index is 1.72. The second-order valence-corrected chi connectivity index (χ2v) is 5.69. The maximum atomic E-state index is 12.4. The van der Waals surface area contributed by atoms with Gasteiger partial charge in [-0.25, -0.2) is 0 Å². The molecule has 1 amide bonds. The van der Waals surface area contributed by atoms with Gasteiger partial charge in [0.05, 0.1) is 6.26 Å². The highest BCUT2D eigenvalue weighted by atomic mass is 16.3. The molecule has 0 unspecified atom stereocenters. The number of nitrogens with zero attached hydrogens (tertiary/aromatic N) is 1. The lowest BCUT2D eigenvalue weighted by Crippen LogP contribution is -2.29. The first-order chi connectivity index (χ1) is 10.3. The molecular formula is C18H21NO2. The maximum Gasteiger partial charge on any atom is 0.223 e. The molecule has 3 nitrogen and oxygen atoms in total. The minimum Gasteiger partial charge on any atom is -0.469 e. The van der Waals surface area contributed by atoms with Crippen molar-refractivity contribution < 1.29 is 9.21 Å². The smallest absolute Gasteiger partial charge is 0.223 e. The molecule has 1 fully saturated rings. The highest BCUT2D eigenvalue weighted by molar-refractivity contribution is 5.77. The van der Waals surface area contributed by atoms with Gasteiger partial charge in [0.1, 0.15) is 5.76 Å². The fourth-order valence-electron chi connectivity index (χ4n) is 3.00. The van der Waals surface area contributed by atoms with Crippen molar-refractivity contribution >= 4 is 5.91 Å². The molecule has 3 heteroatoms. The van der Waals surface area contributed by atoms with Crippen molar-refractivity contribution in [3.8, 4) is 0 Å². The molecule has 1 aliphatic rings. The topological polar surface area (TPSA) is 33.5 Å². The van der Waals surface area contributed by atoms with Crippen LogP contribution in [0, 0.1) is 0 Å². The second-order valence-electron chi connectivity index (χ2n) is 5.69. The molecule has 1 aromatic carbocycles. The van der Waals surface area contributed by atoms with E-state index in [-0.39, 0.29) is 11.8 Å². The van der Waals surface area contributed by atoms with Crippen molar-refractivity contribution in [1.82, 2.24) is 4.90 Å². The molecular weight excluding hydrogens is 262 g/mol. The average Bonchev–Trinajstić information content (AvgIpc) is 3.21. The second kappa shape index (κ2) is 6.61. The van der Waals surface area contributed by atoms with Gasteiger partial charge in [-0.15, -0.1) is 0 Å². The van der Waals surface area contributed by atoms with Gasteiger partial charge < -0.3 is 9.32 Å². The minimum absolute atomic E-state index is 0.121. The molecule has 1 atom stereocenters. The van der Waals surface area contributed by atoms with E-state index in [2.05, 4.69) is 12.1 Å². The van der Waals surface area contributed by atoms with Crippen molar-refractivity contribution in [3.63, 3.8) is 0 Å². The van der Waals surface area contributed by atoms with E-state index in [1.165, 1.54) is 5.56 Å². The van der Waals surface area contributed by atoms with Crippen LogP contribution in [0.4, 0.5) is 0 Å². The van der Waals surface area contributed by atoms with Gasteiger partial charge in [-0.2, -0.15) is 0 Å². The third-order valence-electron chi connectivity index (χ3n) is 4.15. The summed E-state index contributed by atoms with van der Waals surface area (Å²) in [6, 6.07) is 14.2. The third kappa shape index (κ3) is 3.54. The zero-order valence-electron chi connectivity index (χ0n) is 12.2. The van der Waals surface area contributed by atoms with Crippen LogP contribution in [0.3, 0.4) is 0 Å². The zero-order chi connectivity index (χ0) is 14.5. The summed E-state index contributed by atoms with van der Waals surface area (Å²) in [6.45, 7) is 1.82. The third-order valence-corrected chi connectivity index (χ3v) is 4.15. The fraction of sp³-hybridized carbons (Fsp3) is 0.389. The summed E-state index contributed by atoms with van der Waals surface area (Å²) in [7, 11) is 0. The monoisotopic (exact) mass is 283 g/mol. The molecule has 0 N–H and O–H groups in total. The highest BCUT2D eigenvalue weighted by Crippen LogP contribution is 2.26.